The normalized spacial score (nSPS) is 19.5. The van der Waals surface area contributed by atoms with Crippen LogP contribution in [0.5, 0.6) is 0 Å². The molecule has 1 aliphatic heterocycles. The first-order valence-electron chi connectivity index (χ1n) is 9.36. The van der Waals surface area contributed by atoms with E-state index < -0.39 is 24.9 Å². The van der Waals surface area contributed by atoms with Gasteiger partial charge >= 0.3 is 13.5 Å². The van der Waals surface area contributed by atoms with E-state index in [9.17, 15) is 4.57 Å². The third-order valence-corrected chi connectivity index (χ3v) is 13.5. The van der Waals surface area contributed by atoms with Gasteiger partial charge in [0, 0.05) is 0 Å². The Labute approximate surface area is 228 Å². The van der Waals surface area contributed by atoms with Crippen molar-refractivity contribution in [3.05, 3.63) is 0 Å². The zero-order valence-corrected chi connectivity index (χ0v) is 27.3. The number of hydrogen-bond donors (Lipinski definition) is 6. The van der Waals surface area contributed by atoms with Crippen LogP contribution in [-0.2, 0) is 67.6 Å². The minimum Gasteiger partial charge on any atom is -0.361 e. The molecule has 0 aromatic heterocycles. The lowest BCUT2D eigenvalue weighted by molar-refractivity contribution is -0.0654. The molecule has 0 aromatic carbocycles. The SMILES string of the molecule is CCOP(=S)(OCC)SC1OCCOC1SP(=S)(OCC)OCC.O=P(O)(O)S.OP(O)(O)=S. The number of hydrogen-bond acceptors (Lipinski definition) is 12. The van der Waals surface area contributed by atoms with Crippen molar-refractivity contribution in [2.24, 2.45) is 0 Å². The second kappa shape index (κ2) is 19.8. The average Bonchev–Trinajstić information content (AvgIpc) is 2.61. The van der Waals surface area contributed by atoms with Gasteiger partial charge in [0.05, 0.1) is 39.6 Å². The van der Waals surface area contributed by atoms with E-state index in [1.165, 1.54) is 22.8 Å². The Balaban J connectivity index is 0. The summed E-state index contributed by atoms with van der Waals surface area (Å²) in [6.07, 6.45) is 0. The third-order valence-electron chi connectivity index (χ3n) is 2.48. The molecule has 1 aliphatic rings. The molecule has 1 fully saturated rings. The highest BCUT2D eigenvalue weighted by atomic mass is 32.9. The lowest BCUT2D eigenvalue weighted by Gasteiger charge is -2.35. The quantitative estimate of drug-likeness (QED) is 0.129. The topological polar surface area (TPSA) is 174 Å². The van der Waals surface area contributed by atoms with E-state index in [0.29, 0.717) is 39.6 Å². The second-order valence-corrected chi connectivity index (χ2v) is 23.0. The van der Waals surface area contributed by atoms with Gasteiger partial charge in [0.1, 0.15) is 10.9 Å². The van der Waals surface area contributed by atoms with Crippen molar-refractivity contribution in [1.29, 1.82) is 0 Å². The molecule has 2 unspecified atom stereocenters. The van der Waals surface area contributed by atoms with Crippen LogP contribution in [0.25, 0.3) is 0 Å². The maximum atomic E-state index is 9.19. The summed E-state index contributed by atoms with van der Waals surface area (Å²) >= 11 is 20.3. The number of ether oxygens (including phenoxy) is 2. The first kappa shape index (κ1) is 38.9. The minimum absolute atomic E-state index is 0.337. The summed E-state index contributed by atoms with van der Waals surface area (Å²) in [6.45, 7) is 2.80. The minimum atomic E-state index is -3.94. The summed E-state index contributed by atoms with van der Waals surface area (Å²) in [5.41, 5.74) is -5.66. The van der Waals surface area contributed by atoms with Crippen molar-refractivity contribution in [2.45, 2.75) is 38.6 Å². The number of thiol groups is 1. The molecule has 22 heteroatoms. The van der Waals surface area contributed by atoms with Gasteiger partial charge in [-0.05, 0) is 85.9 Å². The first-order chi connectivity index (χ1) is 15.4. The fourth-order valence-electron chi connectivity index (χ4n) is 1.73. The molecule has 34 heavy (non-hydrogen) atoms. The summed E-state index contributed by atoms with van der Waals surface area (Å²) in [5, 5.41) is 0. The molecule has 5 N–H and O–H groups in total. The third kappa shape index (κ3) is 25.1. The predicted molar refractivity (Wildman–Crippen MR) is 152 cm³/mol. The molecule has 12 nitrogen and oxygen atoms in total. The van der Waals surface area contributed by atoms with Gasteiger partial charge in [-0.15, -0.1) is 0 Å². The summed E-state index contributed by atoms with van der Waals surface area (Å²) in [6, 6.07) is 0. The van der Waals surface area contributed by atoms with E-state index in [0.717, 1.165) is 0 Å². The molecule has 0 saturated carbocycles. The molecule has 0 spiro atoms. The molecule has 0 aliphatic carbocycles. The van der Waals surface area contributed by atoms with E-state index in [2.05, 4.69) is 24.1 Å². The van der Waals surface area contributed by atoms with E-state index in [4.69, 9.17) is 75.6 Å². The summed E-state index contributed by atoms with van der Waals surface area (Å²) in [4.78, 5) is 37.7. The highest BCUT2D eigenvalue weighted by Crippen LogP contribution is 2.68. The van der Waals surface area contributed by atoms with E-state index in [-0.39, 0.29) is 10.9 Å². The molecule has 1 rings (SSSR count). The van der Waals surface area contributed by atoms with E-state index >= 15 is 0 Å². The molecular weight excluding hydrogens is 652 g/mol. The van der Waals surface area contributed by atoms with Crippen LogP contribution < -0.4 is 0 Å². The fourth-order valence-corrected chi connectivity index (χ4v) is 12.7. The van der Waals surface area contributed by atoms with Crippen molar-refractivity contribution >= 4 is 95.3 Å². The summed E-state index contributed by atoms with van der Waals surface area (Å²) in [7, 11) is 0. The van der Waals surface area contributed by atoms with Gasteiger partial charge in [0.25, 0.3) is 0 Å². The van der Waals surface area contributed by atoms with Crippen molar-refractivity contribution in [1.82, 2.24) is 0 Å². The van der Waals surface area contributed by atoms with Crippen LogP contribution in [0.2, 0.25) is 0 Å². The maximum Gasteiger partial charge on any atom is 0.380 e. The predicted octanol–water partition coefficient (Wildman–Crippen LogP) is 3.94. The Bertz CT molecular complexity index is 640. The van der Waals surface area contributed by atoms with Crippen LogP contribution in [0.3, 0.4) is 0 Å². The Kier molecular flexibility index (Phi) is 22.7. The molecule has 1 heterocycles. The Morgan fingerprint density at radius 2 is 0.971 bits per heavy atom. The molecule has 2 atom stereocenters. The van der Waals surface area contributed by atoms with Gasteiger partial charge in [-0.2, -0.15) is 0 Å². The molecule has 0 radical (unpaired) electrons. The average molecular weight is 685 g/mol. The Hall–Kier alpha value is 2.79. The largest absolute Gasteiger partial charge is 0.380 e. The monoisotopic (exact) mass is 684 g/mol. The van der Waals surface area contributed by atoms with Gasteiger partial charge in [-0.3, -0.25) is 0 Å². The van der Waals surface area contributed by atoms with Crippen LogP contribution >= 0.6 is 59.9 Å². The Morgan fingerprint density at radius 3 is 1.15 bits per heavy atom. The standard InChI is InChI=1S/C12H26O6P2S4.2H3O3PS/c1-5-15-19(21,16-6-2)23-11-12(14-10-9-13-11)24-20(22,17-7-3)18-8-4;2*1-4(2,3)5/h11-12H,5-10H2,1-4H3;2*(H3,1,2,3,5). The van der Waals surface area contributed by atoms with Gasteiger partial charge in [0.2, 0.25) is 11.4 Å². The highest BCUT2D eigenvalue weighted by Gasteiger charge is 2.38. The fraction of sp³-hybridized carbons (Fsp3) is 1.00. The van der Waals surface area contributed by atoms with E-state index in [1.807, 2.05) is 27.7 Å². The van der Waals surface area contributed by atoms with Crippen LogP contribution in [0.15, 0.2) is 0 Å². The second-order valence-electron chi connectivity index (χ2n) is 5.28. The smallest absolute Gasteiger partial charge is 0.361 e. The molecule has 1 saturated heterocycles. The first-order valence-corrected chi connectivity index (χ1v) is 23.0. The molecule has 0 bridgehead atoms. The summed E-state index contributed by atoms with van der Waals surface area (Å²) < 4.78 is 43.7. The number of rotatable bonds is 12. The zero-order chi connectivity index (χ0) is 27.1. The lowest BCUT2D eigenvalue weighted by Crippen LogP contribution is -2.34. The van der Waals surface area contributed by atoms with Crippen molar-refractivity contribution in [3.63, 3.8) is 0 Å². The van der Waals surface area contributed by atoms with Crippen molar-refractivity contribution in [2.75, 3.05) is 39.6 Å². The van der Waals surface area contributed by atoms with Crippen LogP contribution in [0.4, 0.5) is 0 Å². The molecule has 0 amide bonds. The van der Waals surface area contributed by atoms with E-state index in [1.54, 1.807) is 0 Å². The van der Waals surface area contributed by atoms with Crippen molar-refractivity contribution < 1.29 is 56.6 Å². The maximum absolute atomic E-state index is 9.19. The zero-order valence-electron chi connectivity index (χ0n) is 18.8. The lowest BCUT2D eigenvalue weighted by atomic mass is 10.6. The van der Waals surface area contributed by atoms with Crippen molar-refractivity contribution in [3.8, 4) is 0 Å². The van der Waals surface area contributed by atoms with Gasteiger partial charge in [-0.1, -0.05) is 12.2 Å². The van der Waals surface area contributed by atoms with Gasteiger partial charge < -0.3 is 52.0 Å². The van der Waals surface area contributed by atoms with Gasteiger partial charge in [-0.25, -0.2) is 4.57 Å². The molecule has 208 valence electrons. The highest BCUT2D eigenvalue weighted by molar-refractivity contribution is 8.69. The van der Waals surface area contributed by atoms with Crippen LogP contribution in [0, 0.1) is 0 Å². The summed E-state index contributed by atoms with van der Waals surface area (Å²) in [5.74, 6) is 0. The van der Waals surface area contributed by atoms with Gasteiger partial charge in [0.15, 0.2) is 0 Å². The molecule has 0 aromatic rings. The van der Waals surface area contributed by atoms with Crippen LogP contribution in [-0.4, -0.2) is 75.0 Å². The molecular formula is C12H32O12P4S6. The van der Waals surface area contributed by atoms with Crippen LogP contribution in [0.1, 0.15) is 27.7 Å². The Morgan fingerprint density at radius 1 is 0.765 bits per heavy atom.